The van der Waals surface area contributed by atoms with Gasteiger partial charge in [0.2, 0.25) is 5.91 Å². The highest BCUT2D eigenvalue weighted by Crippen LogP contribution is 2.12. The van der Waals surface area contributed by atoms with Crippen molar-refractivity contribution in [2.24, 2.45) is 5.10 Å². The van der Waals surface area contributed by atoms with Gasteiger partial charge < -0.3 is 4.42 Å². The Labute approximate surface area is 124 Å². The molecule has 0 bridgehead atoms. The SMILES string of the molecule is O=C(Cc1n[nH]c(=O)c2ccccc12)NN=Cc1ccco1. The molecule has 0 atom stereocenters. The van der Waals surface area contributed by atoms with E-state index in [1.807, 2.05) is 0 Å². The van der Waals surface area contributed by atoms with Crippen molar-refractivity contribution >= 4 is 22.9 Å². The minimum Gasteiger partial charge on any atom is -0.463 e. The summed E-state index contributed by atoms with van der Waals surface area (Å²) in [5, 5.41) is 11.3. The lowest BCUT2D eigenvalue weighted by atomic mass is 10.1. The molecule has 7 heteroatoms. The molecule has 0 unspecified atom stereocenters. The number of hydrogen-bond acceptors (Lipinski definition) is 5. The molecule has 0 saturated carbocycles. The molecule has 0 fully saturated rings. The van der Waals surface area contributed by atoms with E-state index in [0.717, 1.165) is 0 Å². The highest BCUT2D eigenvalue weighted by molar-refractivity contribution is 5.88. The molecule has 0 spiro atoms. The summed E-state index contributed by atoms with van der Waals surface area (Å²) >= 11 is 0. The first-order chi connectivity index (χ1) is 10.7. The van der Waals surface area contributed by atoms with E-state index in [0.29, 0.717) is 22.2 Å². The third kappa shape index (κ3) is 2.93. The van der Waals surface area contributed by atoms with Crippen molar-refractivity contribution in [3.8, 4) is 0 Å². The highest BCUT2D eigenvalue weighted by atomic mass is 16.3. The second-order valence-electron chi connectivity index (χ2n) is 4.53. The molecule has 0 aliphatic heterocycles. The first-order valence-corrected chi connectivity index (χ1v) is 6.56. The number of rotatable bonds is 4. The zero-order valence-electron chi connectivity index (χ0n) is 11.4. The van der Waals surface area contributed by atoms with Gasteiger partial charge in [0.15, 0.2) is 0 Å². The van der Waals surface area contributed by atoms with E-state index in [2.05, 4.69) is 20.7 Å². The Balaban J connectivity index is 1.74. The highest BCUT2D eigenvalue weighted by Gasteiger charge is 2.09. The van der Waals surface area contributed by atoms with E-state index in [1.54, 1.807) is 36.4 Å². The van der Waals surface area contributed by atoms with E-state index in [9.17, 15) is 9.59 Å². The largest absolute Gasteiger partial charge is 0.463 e. The van der Waals surface area contributed by atoms with Gasteiger partial charge in [-0.3, -0.25) is 9.59 Å². The second kappa shape index (κ2) is 6.04. The topological polar surface area (TPSA) is 100 Å². The van der Waals surface area contributed by atoms with Crippen LogP contribution in [0.3, 0.4) is 0 Å². The lowest BCUT2D eigenvalue weighted by Gasteiger charge is -2.03. The van der Waals surface area contributed by atoms with Crippen molar-refractivity contribution in [3.63, 3.8) is 0 Å². The maximum Gasteiger partial charge on any atom is 0.272 e. The number of H-pyrrole nitrogens is 1. The molecule has 0 radical (unpaired) electrons. The van der Waals surface area contributed by atoms with Gasteiger partial charge in [0.25, 0.3) is 5.56 Å². The van der Waals surface area contributed by atoms with Crippen molar-refractivity contribution in [3.05, 3.63) is 64.5 Å². The fraction of sp³-hybridized carbons (Fsp3) is 0.0667. The Hall–Kier alpha value is -3.22. The molecular weight excluding hydrogens is 284 g/mol. The number of carbonyl (C=O) groups is 1. The van der Waals surface area contributed by atoms with Crippen LogP contribution >= 0.6 is 0 Å². The average molecular weight is 296 g/mol. The molecule has 3 rings (SSSR count). The fourth-order valence-electron chi connectivity index (χ4n) is 2.03. The fourth-order valence-corrected chi connectivity index (χ4v) is 2.03. The van der Waals surface area contributed by atoms with Gasteiger partial charge in [0.1, 0.15) is 5.76 Å². The van der Waals surface area contributed by atoms with E-state index < -0.39 is 0 Å². The zero-order valence-corrected chi connectivity index (χ0v) is 11.4. The Morgan fingerprint density at radius 2 is 2.09 bits per heavy atom. The summed E-state index contributed by atoms with van der Waals surface area (Å²) < 4.78 is 5.05. The van der Waals surface area contributed by atoms with Crippen LogP contribution in [0.25, 0.3) is 10.8 Å². The molecule has 110 valence electrons. The summed E-state index contributed by atoms with van der Waals surface area (Å²) in [5.41, 5.74) is 2.59. The Kier molecular flexibility index (Phi) is 3.78. The van der Waals surface area contributed by atoms with Crippen molar-refractivity contribution in [2.45, 2.75) is 6.42 Å². The van der Waals surface area contributed by atoms with Crippen LogP contribution in [0.15, 0.2) is 57.0 Å². The number of furan rings is 1. The number of fused-ring (bicyclic) bond motifs is 1. The van der Waals surface area contributed by atoms with Gasteiger partial charge in [-0.1, -0.05) is 18.2 Å². The number of hydrogen-bond donors (Lipinski definition) is 2. The molecule has 2 aromatic heterocycles. The molecule has 1 aromatic carbocycles. The van der Waals surface area contributed by atoms with Crippen molar-refractivity contribution in [1.82, 2.24) is 15.6 Å². The minimum atomic E-state index is -0.340. The smallest absolute Gasteiger partial charge is 0.272 e. The Morgan fingerprint density at radius 3 is 2.86 bits per heavy atom. The quantitative estimate of drug-likeness (QED) is 0.558. The molecule has 2 N–H and O–H groups in total. The summed E-state index contributed by atoms with van der Waals surface area (Å²) in [4.78, 5) is 23.5. The molecule has 0 aliphatic carbocycles. The first-order valence-electron chi connectivity index (χ1n) is 6.56. The number of nitrogens with zero attached hydrogens (tertiary/aromatic N) is 2. The lowest BCUT2D eigenvalue weighted by Crippen LogP contribution is -2.22. The van der Waals surface area contributed by atoms with E-state index >= 15 is 0 Å². The van der Waals surface area contributed by atoms with Crippen molar-refractivity contribution in [2.75, 3.05) is 0 Å². The molecule has 0 saturated heterocycles. The van der Waals surface area contributed by atoms with Gasteiger partial charge >= 0.3 is 0 Å². The number of amides is 1. The Morgan fingerprint density at radius 1 is 1.27 bits per heavy atom. The molecule has 1 amide bonds. The Bertz CT molecular complexity index is 881. The van der Waals surface area contributed by atoms with Crippen LogP contribution in [-0.2, 0) is 11.2 Å². The standard InChI is InChI=1S/C15H12N4O3/c20-14(18-16-9-10-4-3-7-22-10)8-13-11-5-1-2-6-12(11)15(21)19-17-13/h1-7,9H,8H2,(H,18,20)(H,19,21). The van der Waals surface area contributed by atoms with Crippen LogP contribution in [0.2, 0.25) is 0 Å². The third-order valence-electron chi connectivity index (χ3n) is 3.03. The van der Waals surface area contributed by atoms with E-state index in [4.69, 9.17) is 4.42 Å². The van der Waals surface area contributed by atoms with Gasteiger partial charge in [0.05, 0.1) is 30.0 Å². The van der Waals surface area contributed by atoms with Crippen LogP contribution in [0.5, 0.6) is 0 Å². The minimum absolute atomic E-state index is 0.00673. The molecule has 2 heterocycles. The number of aromatic nitrogens is 2. The maximum absolute atomic E-state index is 11.9. The maximum atomic E-state index is 11.9. The van der Waals surface area contributed by atoms with Crippen LogP contribution in [0.4, 0.5) is 0 Å². The van der Waals surface area contributed by atoms with Crippen LogP contribution in [-0.4, -0.2) is 22.3 Å². The van der Waals surface area contributed by atoms with Gasteiger partial charge in [0, 0.05) is 5.39 Å². The van der Waals surface area contributed by atoms with E-state index in [1.165, 1.54) is 12.5 Å². The number of hydrazone groups is 1. The number of carbonyl (C=O) groups excluding carboxylic acids is 1. The summed E-state index contributed by atoms with van der Waals surface area (Å²) in [6, 6.07) is 10.4. The predicted molar refractivity (Wildman–Crippen MR) is 80.5 cm³/mol. The second-order valence-corrected chi connectivity index (χ2v) is 4.53. The van der Waals surface area contributed by atoms with Gasteiger partial charge in [-0.2, -0.15) is 10.2 Å². The average Bonchev–Trinajstić information content (AvgIpc) is 3.04. The first kappa shape index (κ1) is 13.7. The van der Waals surface area contributed by atoms with Gasteiger partial charge in [-0.25, -0.2) is 10.5 Å². The third-order valence-corrected chi connectivity index (χ3v) is 3.03. The number of aromatic amines is 1. The molecule has 7 nitrogen and oxygen atoms in total. The summed E-state index contributed by atoms with van der Waals surface area (Å²) in [7, 11) is 0. The summed E-state index contributed by atoms with van der Waals surface area (Å²) in [6.07, 6.45) is 2.92. The van der Waals surface area contributed by atoms with Crippen LogP contribution in [0.1, 0.15) is 11.5 Å². The molecule has 22 heavy (non-hydrogen) atoms. The zero-order chi connectivity index (χ0) is 15.4. The van der Waals surface area contributed by atoms with Gasteiger partial charge in [-0.05, 0) is 18.2 Å². The summed E-state index contributed by atoms with van der Waals surface area (Å²) in [5.74, 6) is 0.195. The van der Waals surface area contributed by atoms with Gasteiger partial charge in [-0.15, -0.1) is 0 Å². The normalized spacial score (nSPS) is 11.1. The number of benzene rings is 1. The van der Waals surface area contributed by atoms with Crippen molar-refractivity contribution in [1.29, 1.82) is 0 Å². The monoisotopic (exact) mass is 296 g/mol. The number of nitrogens with one attached hydrogen (secondary N) is 2. The van der Waals surface area contributed by atoms with Crippen LogP contribution in [0, 0.1) is 0 Å². The molecular formula is C15H12N4O3. The molecule has 3 aromatic rings. The van der Waals surface area contributed by atoms with Crippen molar-refractivity contribution < 1.29 is 9.21 Å². The predicted octanol–water partition coefficient (Wildman–Crippen LogP) is 1.21. The molecule has 0 aliphatic rings. The van der Waals surface area contributed by atoms with E-state index in [-0.39, 0.29) is 17.9 Å². The lowest BCUT2D eigenvalue weighted by molar-refractivity contribution is -0.120. The summed E-state index contributed by atoms with van der Waals surface area (Å²) in [6.45, 7) is 0. The van der Waals surface area contributed by atoms with Crippen LogP contribution < -0.4 is 11.0 Å².